The van der Waals surface area contributed by atoms with Crippen molar-refractivity contribution in [3.8, 4) is 0 Å². The summed E-state index contributed by atoms with van der Waals surface area (Å²) >= 11 is 0. The standard InChI is InChI=1S/C9H16O2/c1-7(2)5-9(4)10-6-8(3)11-9/h7H,3,5-6H2,1-2,4H3. The molecule has 11 heavy (non-hydrogen) atoms. The molecular formula is C9H16O2. The SMILES string of the molecule is C=C1COC(C)(CC(C)C)O1. The molecule has 0 aromatic heterocycles. The van der Waals surface area contributed by atoms with Crippen molar-refractivity contribution >= 4 is 0 Å². The van der Waals surface area contributed by atoms with Gasteiger partial charge in [0, 0.05) is 13.3 Å². The fourth-order valence-corrected chi connectivity index (χ4v) is 1.44. The zero-order chi connectivity index (χ0) is 8.48. The molecule has 1 aliphatic heterocycles. The second kappa shape index (κ2) is 2.86. The van der Waals surface area contributed by atoms with E-state index >= 15 is 0 Å². The van der Waals surface area contributed by atoms with Crippen LogP contribution < -0.4 is 0 Å². The van der Waals surface area contributed by atoms with E-state index in [9.17, 15) is 0 Å². The lowest BCUT2D eigenvalue weighted by Crippen LogP contribution is -2.27. The van der Waals surface area contributed by atoms with Crippen LogP contribution in [0.15, 0.2) is 12.3 Å². The molecule has 0 saturated carbocycles. The molecule has 0 aliphatic carbocycles. The number of hydrogen-bond acceptors (Lipinski definition) is 2. The lowest BCUT2D eigenvalue weighted by Gasteiger charge is -2.24. The predicted octanol–water partition coefficient (Wildman–Crippen LogP) is 2.31. The van der Waals surface area contributed by atoms with Crippen LogP contribution in [0.2, 0.25) is 0 Å². The van der Waals surface area contributed by atoms with E-state index in [1.807, 2.05) is 6.92 Å². The third kappa shape index (κ3) is 2.22. The smallest absolute Gasteiger partial charge is 0.207 e. The first-order chi connectivity index (χ1) is 5.02. The third-order valence-electron chi connectivity index (χ3n) is 1.68. The molecule has 1 rings (SSSR count). The highest BCUT2D eigenvalue weighted by Crippen LogP contribution is 2.30. The van der Waals surface area contributed by atoms with Crippen LogP contribution in [0.5, 0.6) is 0 Å². The van der Waals surface area contributed by atoms with E-state index in [-0.39, 0.29) is 0 Å². The van der Waals surface area contributed by atoms with Gasteiger partial charge in [-0.1, -0.05) is 20.4 Å². The molecule has 1 atom stereocenters. The van der Waals surface area contributed by atoms with Gasteiger partial charge < -0.3 is 9.47 Å². The predicted molar refractivity (Wildman–Crippen MR) is 44.0 cm³/mol. The Morgan fingerprint density at radius 1 is 1.64 bits per heavy atom. The van der Waals surface area contributed by atoms with Gasteiger partial charge in [0.25, 0.3) is 0 Å². The van der Waals surface area contributed by atoms with Crippen LogP contribution in [0, 0.1) is 5.92 Å². The molecule has 64 valence electrons. The van der Waals surface area contributed by atoms with Gasteiger partial charge >= 0.3 is 0 Å². The molecule has 0 bridgehead atoms. The molecular weight excluding hydrogens is 140 g/mol. The Hall–Kier alpha value is -0.500. The lowest BCUT2D eigenvalue weighted by molar-refractivity contribution is -0.144. The molecule has 1 fully saturated rings. The zero-order valence-corrected chi connectivity index (χ0v) is 7.52. The zero-order valence-electron chi connectivity index (χ0n) is 7.52. The van der Waals surface area contributed by atoms with Crippen molar-refractivity contribution in [3.63, 3.8) is 0 Å². The van der Waals surface area contributed by atoms with Gasteiger partial charge in [-0.3, -0.25) is 0 Å². The normalized spacial score (nSPS) is 31.1. The second-order valence-electron chi connectivity index (χ2n) is 3.66. The summed E-state index contributed by atoms with van der Waals surface area (Å²) in [6.07, 6.45) is 0.923. The van der Waals surface area contributed by atoms with E-state index in [4.69, 9.17) is 9.47 Å². The summed E-state index contributed by atoms with van der Waals surface area (Å²) in [5.74, 6) is 0.921. The highest BCUT2D eigenvalue weighted by molar-refractivity contribution is 4.91. The number of hydrogen-bond donors (Lipinski definition) is 0. The Bertz CT molecular complexity index is 163. The first kappa shape index (κ1) is 8.60. The number of rotatable bonds is 2. The van der Waals surface area contributed by atoms with E-state index in [0.29, 0.717) is 12.5 Å². The topological polar surface area (TPSA) is 18.5 Å². The summed E-state index contributed by atoms with van der Waals surface area (Å²) in [7, 11) is 0. The molecule has 1 aliphatic rings. The minimum atomic E-state index is -0.411. The van der Waals surface area contributed by atoms with Gasteiger partial charge in [0.1, 0.15) is 12.4 Å². The van der Waals surface area contributed by atoms with Crippen LogP contribution in [-0.2, 0) is 9.47 Å². The second-order valence-corrected chi connectivity index (χ2v) is 3.66. The van der Waals surface area contributed by atoms with Crippen molar-refractivity contribution in [3.05, 3.63) is 12.3 Å². The first-order valence-corrected chi connectivity index (χ1v) is 4.02. The Kier molecular flexibility index (Phi) is 2.23. The van der Waals surface area contributed by atoms with E-state index < -0.39 is 5.79 Å². The fraction of sp³-hybridized carbons (Fsp3) is 0.778. The van der Waals surface area contributed by atoms with Crippen molar-refractivity contribution in [2.24, 2.45) is 5.92 Å². The van der Waals surface area contributed by atoms with Gasteiger partial charge in [-0.05, 0) is 5.92 Å². The Morgan fingerprint density at radius 3 is 2.64 bits per heavy atom. The molecule has 1 saturated heterocycles. The minimum Gasteiger partial charge on any atom is -0.465 e. The van der Waals surface area contributed by atoms with Crippen LogP contribution in [-0.4, -0.2) is 12.4 Å². The highest BCUT2D eigenvalue weighted by atomic mass is 16.7. The van der Waals surface area contributed by atoms with Crippen molar-refractivity contribution in [1.29, 1.82) is 0 Å². The summed E-state index contributed by atoms with van der Waals surface area (Å²) in [6.45, 7) is 10.5. The Morgan fingerprint density at radius 2 is 2.27 bits per heavy atom. The maximum Gasteiger partial charge on any atom is 0.207 e. The summed E-state index contributed by atoms with van der Waals surface area (Å²) < 4.78 is 10.9. The van der Waals surface area contributed by atoms with Crippen LogP contribution in [0.1, 0.15) is 27.2 Å². The van der Waals surface area contributed by atoms with E-state index in [1.54, 1.807) is 0 Å². The van der Waals surface area contributed by atoms with Crippen molar-refractivity contribution in [1.82, 2.24) is 0 Å². The van der Waals surface area contributed by atoms with Crippen molar-refractivity contribution in [2.75, 3.05) is 6.61 Å². The molecule has 0 aromatic rings. The maximum atomic E-state index is 5.44. The first-order valence-electron chi connectivity index (χ1n) is 4.02. The average molecular weight is 156 g/mol. The Balaban J connectivity index is 2.48. The van der Waals surface area contributed by atoms with E-state index in [1.165, 1.54) is 0 Å². The van der Waals surface area contributed by atoms with Crippen LogP contribution in [0.25, 0.3) is 0 Å². The monoisotopic (exact) mass is 156 g/mol. The molecule has 0 aromatic carbocycles. The van der Waals surface area contributed by atoms with Crippen LogP contribution in [0.4, 0.5) is 0 Å². The largest absolute Gasteiger partial charge is 0.465 e. The minimum absolute atomic E-state index is 0.411. The molecule has 1 unspecified atom stereocenters. The van der Waals surface area contributed by atoms with E-state index in [0.717, 1.165) is 12.2 Å². The summed E-state index contributed by atoms with van der Waals surface area (Å²) in [5.41, 5.74) is 0. The van der Waals surface area contributed by atoms with Gasteiger partial charge in [-0.25, -0.2) is 0 Å². The Labute approximate surface area is 68.2 Å². The number of ether oxygens (including phenoxy) is 2. The third-order valence-corrected chi connectivity index (χ3v) is 1.68. The van der Waals surface area contributed by atoms with Gasteiger partial charge in [-0.2, -0.15) is 0 Å². The molecule has 0 N–H and O–H groups in total. The van der Waals surface area contributed by atoms with Gasteiger partial charge in [0.2, 0.25) is 5.79 Å². The van der Waals surface area contributed by atoms with Gasteiger partial charge in [0.15, 0.2) is 0 Å². The quantitative estimate of drug-likeness (QED) is 0.610. The molecule has 1 heterocycles. The average Bonchev–Trinajstić information content (AvgIpc) is 2.08. The highest BCUT2D eigenvalue weighted by Gasteiger charge is 2.34. The van der Waals surface area contributed by atoms with Crippen molar-refractivity contribution < 1.29 is 9.47 Å². The van der Waals surface area contributed by atoms with E-state index in [2.05, 4.69) is 20.4 Å². The molecule has 2 heteroatoms. The van der Waals surface area contributed by atoms with Gasteiger partial charge in [0.05, 0.1) is 0 Å². The van der Waals surface area contributed by atoms with Gasteiger partial charge in [-0.15, -0.1) is 0 Å². The molecule has 0 radical (unpaired) electrons. The maximum absolute atomic E-state index is 5.44. The summed E-state index contributed by atoms with van der Waals surface area (Å²) in [6, 6.07) is 0. The van der Waals surface area contributed by atoms with Crippen LogP contribution >= 0.6 is 0 Å². The molecule has 0 amide bonds. The van der Waals surface area contributed by atoms with Crippen LogP contribution in [0.3, 0.4) is 0 Å². The lowest BCUT2D eigenvalue weighted by atomic mass is 10.0. The summed E-state index contributed by atoms with van der Waals surface area (Å²) in [4.78, 5) is 0. The molecule has 0 spiro atoms. The summed E-state index contributed by atoms with van der Waals surface area (Å²) in [5, 5.41) is 0. The fourth-order valence-electron chi connectivity index (χ4n) is 1.44. The molecule has 2 nitrogen and oxygen atoms in total. The van der Waals surface area contributed by atoms with Crippen molar-refractivity contribution in [2.45, 2.75) is 33.0 Å².